The standard InChI is InChI=1S/C28H34N6O4.C2H6/c1-6-16-37-22-11-10-19(2)23(18-22)33-24-12-13-30-26(34-24)32-21-9-7-8-20(17-21)25(35)29-14-15-31-27(36)38-28(3,4)5;1-2/h6-13,17-18H,1,14-16H2,2-5H3,(H,29,35)(H,31,36)(H2,30,32,33,34);1-2H3. The largest absolute Gasteiger partial charge is 0.489 e. The first-order chi connectivity index (χ1) is 19.1. The highest BCUT2D eigenvalue weighted by Gasteiger charge is 2.15. The zero-order valence-corrected chi connectivity index (χ0v) is 24.1. The SMILES string of the molecule is C=CCOc1ccc(C)c(Nc2ccnc(Nc3cccc(C(=O)NCCNC(=O)OC(C)(C)C)c3)n2)c1.CC. The number of carbonyl (C=O) groups is 2. The molecule has 0 saturated heterocycles. The molecule has 3 aromatic rings. The number of carbonyl (C=O) groups excluding carboxylic acids is 2. The predicted molar refractivity (Wildman–Crippen MR) is 160 cm³/mol. The molecule has 4 N–H and O–H groups in total. The van der Waals surface area contributed by atoms with E-state index in [2.05, 4.69) is 37.8 Å². The first-order valence-corrected chi connectivity index (χ1v) is 13.2. The molecule has 3 rings (SSSR count). The van der Waals surface area contributed by atoms with Gasteiger partial charge in [-0.1, -0.05) is 38.6 Å². The zero-order chi connectivity index (χ0) is 29.5. The summed E-state index contributed by atoms with van der Waals surface area (Å²) >= 11 is 0. The third-order valence-corrected chi connectivity index (χ3v) is 4.95. The minimum Gasteiger partial charge on any atom is -0.489 e. The van der Waals surface area contributed by atoms with Gasteiger partial charge in [0.2, 0.25) is 5.95 Å². The Kier molecular flexibility index (Phi) is 12.4. The summed E-state index contributed by atoms with van der Waals surface area (Å²) in [5.41, 5.74) is 2.41. The van der Waals surface area contributed by atoms with E-state index in [-0.39, 0.29) is 19.0 Å². The van der Waals surface area contributed by atoms with Gasteiger partial charge in [-0.15, -0.1) is 0 Å². The Morgan fingerprint density at radius 2 is 1.75 bits per heavy atom. The van der Waals surface area contributed by atoms with Crippen LogP contribution < -0.4 is 26.0 Å². The van der Waals surface area contributed by atoms with E-state index in [0.717, 1.165) is 17.0 Å². The van der Waals surface area contributed by atoms with Gasteiger partial charge in [-0.05, 0) is 63.6 Å². The van der Waals surface area contributed by atoms with Gasteiger partial charge < -0.3 is 30.7 Å². The fourth-order valence-electron chi connectivity index (χ4n) is 3.23. The minimum absolute atomic E-state index is 0.245. The second-order valence-corrected chi connectivity index (χ2v) is 9.36. The molecule has 10 nitrogen and oxygen atoms in total. The lowest BCUT2D eigenvalue weighted by Crippen LogP contribution is -2.37. The van der Waals surface area contributed by atoms with E-state index < -0.39 is 11.7 Å². The molecule has 0 spiro atoms. The molecule has 10 heteroatoms. The third-order valence-electron chi connectivity index (χ3n) is 4.95. The normalized spacial score (nSPS) is 10.3. The monoisotopic (exact) mass is 548 g/mol. The van der Waals surface area contributed by atoms with E-state index in [1.165, 1.54) is 0 Å². The van der Waals surface area contributed by atoms with E-state index in [1.807, 2.05) is 45.0 Å². The Morgan fingerprint density at radius 3 is 2.48 bits per heavy atom. The van der Waals surface area contributed by atoms with Gasteiger partial charge in [-0.3, -0.25) is 4.79 Å². The number of amides is 2. The van der Waals surface area contributed by atoms with Crippen LogP contribution in [0.15, 0.2) is 67.4 Å². The highest BCUT2D eigenvalue weighted by atomic mass is 16.6. The van der Waals surface area contributed by atoms with Crippen LogP contribution in [0.25, 0.3) is 0 Å². The number of alkyl carbamates (subject to hydrolysis) is 1. The summed E-state index contributed by atoms with van der Waals surface area (Å²) in [6.07, 6.45) is 2.80. The Hall–Kier alpha value is -4.60. The van der Waals surface area contributed by atoms with Crippen LogP contribution in [-0.4, -0.2) is 47.3 Å². The predicted octanol–water partition coefficient (Wildman–Crippen LogP) is 6.12. The minimum atomic E-state index is -0.579. The third kappa shape index (κ3) is 11.0. The Bertz CT molecular complexity index is 1270. The van der Waals surface area contributed by atoms with Crippen molar-refractivity contribution < 1.29 is 19.1 Å². The van der Waals surface area contributed by atoms with Crippen molar-refractivity contribution in [1.29, 1.82) is 0 Å². The molecule has 1 aromatic heterocycles. The second kappa shape index (κ2) is 15.7. The molecule has 0 fully saturated rings. The van der Waals surface area contributed by atoms with Crippen LogP contribution in [0.3, 0.4) is 0 Å². The van der Waals surface area contributed by atoms with E-state index in [1.54, 1.807) is 57.3 Å². The molecule has 0 atom stereocenters. The molecule has 0 bridgehead atoms. The van der Waals surface area contributed by atoms with Crippen LogP contribution in [0.5, 0.6) is 5.75 Å². The number of aryl methyl sites for hydroxylation is 1. The smallest absolute Gasteiger partial charge is 0.407 e. The molecule has 40 heavy (non-hydrogen) atoms. The number of ether oxygens (including phenoxy) is 2. The molecule has 0 aliphatic rings. The summed E-state index contributed by atoms with van der Waals surface area (Å²) in [5.74, 6) is 1.41. The molecule has 0 saturated carbocycles. The van der Waals surface area contributed by atoms with Gasteiger partial charge in [0.25, 0.3) is 5.91 Å². The van der Waals surface area contributed by atoms with E-state index >= 15 is 0 Å². The highest BCUT2D eigenvalue weighted by Crippen LogP contribution is 2.25. The molecule has 0 radical (unpaired) electrons. The summed E-state index contributed by atoms with van der Waals surface area (Å²) in [5, 5.41) is 11.8. The van der Waals surface area contributed by atoms with Gasteiger partial charge in [-0.2, -0.15) is 4.98 Å². The number of nitrogens with one attached hydrogen (secondary N) is 4. The fraction of sp³-hybridized carbons (Fsp3) is 0.333. The van der Waals surface area contributed by atoms with Crippen molar-refractivity contribution in [3.8, 4) is 5.75 Å². The fourth-order valence-corrected chi connectivity index (χ4v) is 3.23. The summed E-state index contributed by atoms with van der Waals surface area (Å²) in [4.78, 5) is 33.1. The number of aromatic nitrogens is 2. The molecule has 1 heterocycles. The molecule has 0 aliphatic heterocycles. The number of nitrogens with zero attached hydrogens (tertiary/aromatic N) is 2. The highest BCUT2D eigenvalue weighted by molar-refractivity contribution is 5.95. The first-order valence-electron chi connectivity index (χ1n) is 13.2. The lowest BCUT2D eigenvalue weighted by atomic mass is 10.2. The van der Waals surface area contributed by atoms with E-state index in [0.29, 0.717) is 29.6 Å². The van der Waals surface area contributed by atoms with Gasteiger partial charge in [0.15, 0.2) is 0 Å². The molecular weight excluding hydrogens is 508 g/mol. The topological polar surface area (TPSA) is 126 Å². The number of hydrogen-bond acceptors (Lipinski definition) is 8. The van der Waals surface area contributed by atoms with Gasteiger partial charge >= 0.3 is 6.09 Å². The average Bonchev–Trinajstić information content (AvgIpc) is 2.92. The lowest BCUT2D eigenvalue weighted by molar-refractivity contribution is 0.0526. The van der Waals surface area contributed by atoms with Crippen molar-refractivity contribution in [3.05, 3.63) is 78.5 Å². The van der Waals surface area contributed by atoms with Crippen LogP contribution in [-0.2, 0) is 4.74 Å². The van der Waals surface area contributed by atoms with E-state index in [9.17, 15) is 9.59 Å². The molecule has 2 amide bonds. The number of anilines is 4. The molecular formula is C30H40N6O4. The summed E-state index contributed by atoms with van der Waals surface area (Å²) < 4.78 is 10.8. The molecule has 0 aliphatic carbocycles. The Morgan fingerprint density at radius 1 is 1.00 bits per heavy atom. The van der Waals surface area contributed by atoms with Gasteiger partial charge in [0, 0.05) is 42.3 Å². The van der Waals surface area contributed by atoms with Crippen molar-refractivity contribution in [1.82, 2.24) is 20.6 Å². The Labute approximate surface area is 236 Å². The summed E-state index contributed by atoms with van der Waals surface area (Å²) in [7, 11) is 0. The molecule has 0 unspecified atom stereocenters. The zero-order valence-electron chi connectivity index (χ0n) is 24.1. The summed E-state index contributed by atoms with van der Waals surface area (Å²) in [6.45, 7) is 15.9. The number of rotatable bonds is 11. The number of hydrogen-bond donors (Lipinski definition) is 4. The quantitative estimate of drug-likeness (QED) is 0.167. The van der Waals surface area contributed by atoms with Crippen LogP contribution in [0, 0.1) is 6.92 Å². The second-order valence-electron chi connectivity index (χ2n) is 9.36. The van der Waals surface area contributed by atoms with E-state index in [4.69, 9.17) is 9.47 Å². The van der Waals surface area contributed by atoms with Crippen molar-refractivity contribution in [2.45, 2.75) is 47.1 Å². The maximum absolute atomic E-state index is 12.6. The van der Waals surface area contributed by atoms with Crippen molar-refractivity contribution in [2.24, 2.45) is 0 Å². The Balaban J connectivity index is 0.00000274. The van der Waals surface area contributed by atoms with Crippen LogP contribution in [0.1, 0.15) is 50.5 Å². The lowest BCUT2D eigenvalue weighted by Gasteiger charge is -2.19. The van der Waals surface area contributed by atoms with Crippen molar-refractivity contribution >= 4 is 35.1 Å². The van der Waals surface area contributed by atoms with Gasteiger partial charge in [-0.25, -0.2) is 9.78 Å². The van der Waals surface area contributed by atoms with Crippen LogP contribution in [0.2, 0.25) is 0 Å². The summed E-state index contributed by atoms with van der Waals surface area (Å²) in [6, 6.07) is 14.5. The number of benzene rings is 2. The van der Waals surface area contributed by atoms with Crippen molar-refractivity contribution in [2.75, 3.05) is 30.3 Å². The molecule has 2 aromatic carbocycles. The van der Waals surface area contributed by atoms with Crippen LogP contribution >= 0.6 is 0 Å². The average molecular weight is 549 g/mol. The maximum atomic E-state index is 12.6. The van der Waals surface area contributed by atoms with Gasteiger partial charge in [0.1, 0.15) is 23.8 Å². The van der Waals surface area contributed by atoms with Gasteiger partial charge in [0.05, 0.1) is 0 Å². The first kappa shape index (κ1) is 31.6. The molecule has 214 valence electrons. The maximum Gasteiger partial charge on any atom is 0.407 e. The van der Waals surface area contributed by atoms with Crippen molar-refractivity contribution in [3.63, 3.8) is 0 Å². The van der Waals surface area contributed by atoms with Crippen LogP contribution in [0.4, 0.5) is 27.9 Å².